The summed E-state index contributed by atoms with van der Waals surface area (Å²) in [5.41, 5.74) is 0.354. The van der Waals surface area contributed by atoms with Gasteiger partial charge in [-0.25, -0.2) is 9.59 Å². The van der Waals surface area contributed by atoms with Gasteiger partial charge in [-0.3, -0.25) is 9.80 Å². The number of anilines is 1. The highest BCUT2D eigenvalue weighted by Gasteiger charge is 2.35. The van der Waals surface area contributed by atoms with E-state index in [0.29, 0.717) is 13.1 Å². The van der Waals surface area contributed by atoms with Crippen LogP contribution in [0.15, 0.2) is 30.3 Å². The number of hydrogen-bond donors (Lipinski definition) is 1. The number of para-hydroxylation sites is 1. The number of cyclic esters (lactones) is 1. The Balaban J connectivity index is 1.46. The van der Waals surface area contributed by atoms with E-state index in [4.69, 9.17) is 9.47 Å². The minimum Gasteiger partial charge on any atom is -0.444 e. The van der Waals surface area contributed by atoms with Gasteiger partial charge in [-0.1, -0.05) is 18.2 Å². The number of amides is 2. The molecule has 7 nitrogen and oxygen atoms in total. The predicted molar refractivity (Wildman–Crippen MR) is 98.3 cm³/mol. The fraction of sp³-hybridized carbons (Fsp3) is 0.579. The molecule has 142 valence electrons. The van der Waals surface area contributed by atoms with Crippen molar-refractivity contribution in [1.29, 1.82) is 0 Å². The molecule has 0 spiro atoms. The summed E-state index contributed by atoms with van der Waals surface area (Å²) in [6.07, 6.45) is 0.0150. The number of carbonyl (C=O) groups excluding carboxylic acids is 2. The number of hydrogen-bond acceptors (Lipinski definition) is 5. The maximum absolute atomic E-state index is 12.1. The Labute approximate surface area is 154 Å². The van der Waals surface area contributed by atoms with Gasteiger partial charge in [0.15, 0.2) is 0 Å². The number of nitrogens with zero attached hydrogens (tertiary/aromatic N) is 2. The number of alkyl carbamates (subject to hydrolysis) is 1. The average Bonchev–Trinajstić information content (AvgIpc) is 3.13. The molecule has 0 radical (unpaired) electrons. The largest absolute Gasteiger partial charge is 0.444 e. The molecule has 1 aromatic rings. The Bertz CT molecular complexity index is 644. The van der Waals surface area contributed by atoms with Crippen molar-refractivity contribution in [3.63, 3.8) is 0 Å². The zero-order valence-corrected chi connectivity index (χ0v) is 15.6. The molecule has 7 heteroatoms. The first-order valence-corrected chi connectivity index (χ1v) is 9.05. The van der Waals surface area contributed by atoms with Gasteiger partial charge in [0, 0.05) is 31.4 Å². The third kappa shape index (κ3) is 4.88. The molecular formula is C19H27N3O4. The van der Waals surface area contributed by atoms with Crippen molar-refractivity contribution in [2.75, 3.05) is 31.1 Å². The van der Waals surface area contributed by atoms with Crippen molar-refractivity contribution >= 4 is 17.9 Å². The van der Waals surface area contributed by atoms with E-state index in [2.05, 4.69) is 10.2 Å². The van der Waals surface area contributed by atoms with E-state index in [1.54, 1.807) is 4.90 Å². The Hall–Kier alpha value is -2.28. The minimum atomic E-state index is -0.499. The van der Waals surface area contributed by atoms with E-state index in [1.165, 1.54) is 0 Å². The molecule has 0 aliphatic carbocycles. The van der Waals surface area contributed by atoms with Crippen LogP contribution >= 0.6 is 0 Å². The second kappa shape index (κ2) is 7.53. The molecule has 2 fully saturated rings. The van der Waals surface area contributed by atoms with Gasteiger partial charge >= 0.3 is 12.2 Å². The summed E-state index contributed by atoms with van der Waals surface area (Å²) in [6, 6.07) is 9.60. The van der Waals surface area contributed by atoms with Gasteiger partial charge in [0.25, 0.3) is 0 Å². The van der Waals surface area contributed by atoms with Crippen molar-refractivity contribution < 1.29 is 19.1 Å². The van der Waals surface area contributed by atoms with E-state index < -0.39 is 5.60 Å². The minimum absolute atomic E-state index is 0.0622. The predicted octanol–water partition coefficient (Wildman–Crippen LogP) is 2.61. The number of benzene rings is 1. The maximum Gasteiger partial charge on any atom is 0.414 e. The van der Waals surface area contributed by atoms with Crippen LogP contribution in [0.2, 0.25) is 0 Å². The summed E-state index contributed by atoms with van der Waals surface area (Å²) in [4.78, 5) is 27.9. The summed E-state index contributed by atoms with van der Waals surface area (Å²) in [5.74, 6) is 0. The fourth-order valence-electron chi connectivity index (χ4n) is 3.31. The first-order valence-electron chi connectivity index (χ1n) is 9.05. The van der Waals surface area contributed by atoms with Gasteiger partial charge in [0.05, 0.1) is 6.54 Å². The molecule has 0 unspecified atom stereocenters. The molecule has 1 N–H and O–H groups in total. The lowest BCUT2D eigenvalue weighted by atomic mass is 10.2. The molecule has 0 aromatic heterocycles. The van der Waals surface area contributed by atoms with Crippen molar-refractivity contribution in [3.05, 3.63) is 30.3 Å². The topological polar surface area (TPSA) is 71.1 Å². The molecule has 26 heavy (non-hydrogen) atoms. The first kappa shape index (κ1) is 18.5. The van der Waals surface area contributed by atoms with Crippen LogP contribution in [0.4, 0.5) is 15.3 Å². The van der Waals surface area contributed by atoms with Gasteiger partial charge in [0.1, 0.15) is 11.7 Å². The summed E-state index contributed by atoms with van der Waals surface area (Å²) in [5, 5.41) is 2.91. The Morgan fingerprint density at radius 1 is 1.27 bits per heavy atom. The van der Waals surface area contributed by atoms with E-state index in [0.717, 1.165) is 25.2 Å². The molecule has 2 saturated heterocycles. The van der Waals surface area contributed by atoms with Gasteiger partial charge in [-0.05, 0) is 39.3 Å². The first-order chi connectivity index (χ1) is 12.3. The zero-order chi connectivity index (χ0) is 18.7. The molecule has 1 aromatic carbocycles. The lowest BCUT2D eigenvalue weighted by Crippen LogP contribution is -2.41. The van der Waals surface area contributed by atoms with Gasteiger partial charge in [-0.15, -0.1) is 0 Å². The maximum atomic E-state index is 12.1. The highest BCUT2D eigenvalue weighted by Crippen LogP contribution is 2.22. The molecule has 2 atom stereocenters. The Morgan fingerprint density at radius 3 is 2.69 bits per heavy atom. The van der Waals surface area contributed by atoms with Crippen molar-refractivity contribution in [2.24, 2.45) is 0 Å². The van der Waals surface area contributed by atoms with Crippen LogP contribution in [-0.4, -0.2) is 61.0 Å². The number of nitrogens with one attached hydrogen (secondary N) is 1. The Kier molecular flexibility index (Phi) is 5.36. The molecular weight excluding hydrogens is 334 g/mol. The van der Waals surface area contributed by atoms with E-state index >= 15 is 0 Å². The van der Waals surface area contributed by atoms with Gasteiger partial charge in [-0.2, -0.15) is 0 Å². The molecule has 2 aliphatic rings. The summed E-state index contributed by atoms with van der Waals surface area (Å²) in [7, 11) is 0. The van der Waals surface area contributed by atoms with Crippen LogP contribution in [0.5, 0.6) is 0 Å². The zero-order valence-electron chi connectivity index (χ0n) is 15.6. The normalized spacial score (nSPS) is 23.8. The van der Waals surface area contributed by atoms with Gasteiger partial charge in [0.2, 0.25) is 0 Å². The number of ether oxygens (including phenoxy) is 2. The fourth-order valence-corrected chi connectivity index (χ4v) is 3.31. The van der Waals surface area contributed by atoms with Crippen LogP contribution in [0.1, 0.15) is 27.2 Å². The van der Waals surface area contributed by atoms with Crippen molar-refractivity contribution in [3.8, 4) is 0 Å². The van der Waals surface area contributed by atoms with E-state index in [1.807, 2.05) is 51.1 Å². The standard InChI is InChI=1S/C19H27N3O4/c1-19(2,3)26-17(23)20-14-9-10-21(11-14)12-16-13-22(18(24)25-16)15-7-5-4-6-8-15/h4-8,14,16H,9-13H2,1-3H3,(H,20,23)/t14-,16-/m1/s1. The molecule has 2 amide bonds. The van der Waals surface area contributed by atoms with Crippen LogP contribution < -0.4 is 10.2 Å². The highest BCUT2D eigenvalue weighted by molar-refractivity contribution is 5.89. The van der Waals surface area contributed by atoms with Crippen molar-refractivity contribution in [1.82, 2.24) is 10.2 Å². The smallest absolute Gasteiger partial charge is 0.414 e. The average molecular weight is 361 g/mol. The van der Waals surface area contributed by atoms with Gasteiger partial charge < -0.3 is 14.8 Å². The van der Waals surface area contributed by atoms with Crippen LogP contribution in [0.25, 0.3) is 0 Å². The third-order valence-electron chi connectivity index (χ3n) is 4.40. The summed E-state index contributed by atoms with van der Waals surface area (Å²) < 4.78 is 10.8. The number of likely N-dealkylation sites (tertiary alicyclic amines) is 1. The second-order valence-corrected chi connectivity index (χ2v) is 7.84. The van der Waals surface area contributed by atoms with E-state index in [9.17, 15) is 9.59 Å². The Morgan fingerprint density at radius 2 is 2.00 bits per heavy atom. The summed E-state index contributed by atoms with van der Waals surface area (Å²) in [6.45, 7) is 8.35. The van der Waals surface area contributed by atoms with Crippen LogP contribution in [0.3, 0.4) is 0 Å². The molecule has 3 rings (SSSR count). The van der Waals surface area contributed by atoms with Crippen LogP contribution in [-0.2, 0) is 9.47 Å². The molecule has 2 aliphatic heterocycles. The van der Waals surface area contributed by atoms with E-state index in [-0.39, 0.29) is 24.3 Å². The van der Waals surface area contributed by atoms with Crippen LogP contribution in [0, 0.1) is 0 Å². The SMILES string of the molecule is CC(C)(C)OC(=O)N[C@@H]1CCN(C[C@@H]2CN(c3ccccc3)C(=O)O2)C1. The third-order valence-corrected chi connectivity index (χ3v) is 4.40. The quantitative estimate of drug-likeness (QED) is 0.893. The highest BCUT2D eigenvalue weighted by atomic mass is 16.6. The second-order valence-electron chi connectivity index (χ2n) is 7.84. The lowest BCUT2D eigenvalue weighted by molar-refractivity contribution is 0.0505. The lowest BCUT2D eigenvalue weighted by Gasteiger charge is -2.22. The monoisotopic (exact) mass is 361 g/mol. The number of rotatable bonds is 4. The number of carbonyl (C=O) groups is 2. The van der Waals surface area contributed by atoms with Crippen molar-refractivity contribution in [2.45, 2.75) is 44.9 Å². The molecule has 0 saturated carbocycles. The summed E-state index contributed by atoms with van der Waals surface area (Å²) >= 11 is 0. The molecule has 2 heterocycles. The molecule has 0 bridgehead atoms.